The first kappa shape index (κ1) is 54.5. The number of allylic oxidation sites excluding steroid dienone is 6. The Hall–Kier alpha value is -2.86. The van der Waals surface area contributed by atoms with Crippen molar-refractivity contribution in [1.29, 1.82) is 0 Å². The molecule has 1 aliphatic heterocycles. The lowest BCUT2D eigenvalue weighted by atomic mass is 9.60. The summed E-state index contributed by atoms with van der Waals surface area (Å²) in [5.74, 6) is 2.94. The first-order valence-corrected chi connectivity index (χ1v) is 26.5. The van der Waals surface area contributed by atoms with Gasteiger partial charge in [0.1, 0.15) is 0 Å². The Kier molecular flexibility index (Phi) is 17.8. The van der Waals surface area contributed by atoms with E-state index < -0.39 is 47.9 Å². The van der Waals surface area contributed by atoms with Crippen molar-refractivity contribution in [1.82, 2.24) is 0 Å². The number of aliphatic hydroxyl groups excluding tert-OH is 4. The van der Waals surface area contributed by atoms with Gasteiger partial charge in [-0.3, -0.25) is 0 Å². The highest BCUT2D eigenvalue weighted by molar-refractivity contribution is 5.81. The van der Waals surface area contributed by atoms with Gasteiger partial charge in [-0.25, -0.2) is 9.59 Å². The van der Waals surface area contributed by atoms with Crippen molar-refractivity contribution < 1.29 is 49.3 Å². The molecule has 10 heteroatoms. The number of carbonyl (C=O) groups is 2. The largest absolute Gasteiger partial charge is 0.467 e. The Bertz CT molecular complexity index is 1960. The minimum atomic E-state index is -1.41. The average Bonchev–Trinajstić information content (AvgIpc) is 3.92. The first-order valence-electron chi connectivity index (χ1n) is 26.5. The second-order valence-corrected chi connectivity index (χ2v) is 23.6. The summed E-state index contributed by atoms with van der Waals surface area (Å²) in [5, 5.41) is 50.8. The molecule has 0 aromatic rings. The predicted molar refractivity (Wildman–Crippen MR) is 268 cm³/mol. The minimum absolute atomic E-state index is 0.120. The van der Waals surface area contributed by atoms with E-state index in [9.17, 15) is 35.1 Å². The van der Waals surface area contributed by atoms with Crippen LogP contribution < -0.4 is 0 Å². The molecular weight excluding hydrogens is 857 g/mol. The molecule has 68 heavy (non-hydrogen) atoms. The molecule has 7 unspecified atom stereocenters. The smallest absolute Gasteiger partial charge is 0.340 e. The van der Waals surface area contributed by atoms with Crippen molar-refractivity contribution in [3.63, 3.8) is 0 Å². The summed E-state index contributed by atoms with van der Waals surface area (Å²) < 4.78 is 15.9. The number of hydrogen-bond acceptors (Lipinski definition) is 10. The van der Waals surface area contributed by atoms with Crippen molar-refractivity contribution in [2.75, 3.05) is 7.11 Å². The van der Waals surface area contributed by atoms with Gasteiger partial charge in [-0.1, -0.05) is 96.1 Å². The second-order valence-electron chi connectivity index (χ2n) is 23.6. The van der Waals surface area contributed by atoms with Gasteiger partial charge in [-0.05, 0) is 192 Å². The zero-order chi connectivity index (χ0) is 49.9. The molecule has 382 valence electrons. The van der Waals surface area contributed by atoms with Crippen LogP contribution in [0.3, 0.4) is 0 Å². The summed E-state index contributed by atoms with van der Waals surface area (Å²) in [6, 6.07) is 0. The molecule has 0 aromatic heterocycles. The maximum absolute atomic E-state index is 12.4. The van der Waals surface area contributed by atoms with Gasteiger partial charge >= 0.3 is 11.9 Å². The molecule has 0 bridgehead atoms. The maximum atomic E-state index is 12.4. The van der Waals surface area contributed by atoms with Crippen LogP contribution in [-0.2, 0) is 23.8 Å². The van der Waals surface area contributed by atoms with Gasteiger partial charge in [0.05, 0.1) is 31.5 Å². The number of aliphatic hydroxyl groups is 5. The van der Waals surface area contributed by atoms with Crippen LogP contribution in [0.1, 0.15) is 177 Å². The molecule has 7 fully saturated rings. The summed E-state index contributed by atoms with van der Waals surface area (Å²) in [6.45, 7) is 25.1. The fraction of sp³-hybridized carbons (Fsp3) is 0.759. The van der Waals surface area contributed by atoms with Crippen molar-refractivity contribution in [2.45, 2.75) is 219 Å². The van der Waals surface area contributed by atoms with Crippen LogP contribution in [0, 0.1) is 52.3 Å². The third-order valence-corrected chi connectivity index (χ3v) is 19.0. The van der Waals surface area contributed by atoms with Gasteiger partial charge in [-0.15, -0.1) is 0 Å². The number of carbonyl (C=O) groups excluding carboxylic acids is 2. The second kappa shape index (κ2) is 22.3. The van der Waals surface area contributed by atoms with Crippen molar-refractivity contribution in [2.24, 2.45) is 52.3 Å². The summed E-state index contributed by atoms with van der Waals surface area (Å²) in [4.78, 5) is 24.1. The molecule has 1 saturated heterocycles. The van der Waals surface area contributed by atoms with Crippen molar-refractivity contribution in [3.8, 4) is 0 Å². The van der Waals surface area contributed by atoms with Gasteiger partial charge in [0, 0.05) is 12.8 Å². The normalized spacial score (nSPS) is 40.9. The van der Waals surface area contributed by atoms with E-state index >= 15 is 0 Å². The Morgan fingerprint density at radius 2 is 1.25 bits per heavy atom. The highest BCUT2D eigenvalue weighted by Gasteiger charge is 2.53. The molecule has 6 saturated carbocycles. The van der Waals surface area contributed by atoms with E-state index in [1.54, 1.807) is 13.8 Å². The molecular formula is C58H90O10. The lowest BCUT2D eigenvalue weighted by Crippen LogP contribution is -2.40. The van der Waals surface area contributed by atoms with E-state index in [0.717, 1.165) is 60.8 Å². The van der Waals surface area contributed by atoms with Crippen molar-refractivity contribution >= 4 is 11.9 Å². The Morgan fingerprint density at radius 1 is 0.779 bits per heavy atom. The number of fused-ring (bicyclic) bond motifs is 2. The molecule has 1 heterocycles. The molecule has 16 atom stereocenters. The van der Waals surface area contributed by atoms with E-state index in [0.29, 0.717) is 73.0 Å². The van der Waals surface area contributed by atoms with Crippen LogP contribution in [0.4, 0.5) is 0 Å². The fourth-order valence-electron chi connectivity index (χ4n) is 14.6. The fourth-order valence-corrected chi connectivity index (χ4v) is 14.6. The van der Waals surface area contributed by atoms with Crippen LogP contribution in [0.2, 0.25) is 0 Å². The SMILES string of the molecule is C=C1/C(=C\C=C2/CCC[C@@]3(C)C2CCC3[C@H](C)CCCC(C)(O)C(=O)OC)CC(O)CC1O.C=C1/C(=C\C=C2/CCC[C@]3(C)C([C@H](C)CCC(C)[C@@]4(C)O[C@H](C)OC4=O)CC[C@@H]23)C[C@@H](O)C[C@@H]1O. The zero-order valence-corrected chi connectivity index (χ0v) is 43.4. The van der Waals surface area contributed by atoms with Crippen LogP contribution in [0.25, 0.3) is 0 Å². The number of rotatable bonds is 13. The first-order chi connectivity index (χ1) is 31.9. The highest BCUT2D eigenvalue weighted by Crippen LogP contribution is 2.61. The van der Waals surface area contributed by atoms with Gasteiger partial charge < -0.3 is 39.7 Å². The molecule has 5 N–H and O–H groups in total. The predicted octanol–water partition coefficient (Wildman–Crippen LogP) is 10.7. The van der Waals surface area contributed by atoms with Crippen LogP contribution >= 0.6 is 0 Å². The van der Waals surface area contributed by atoms with E-state index in [-0.39, 0.29) is 17.3 Å². The van der Waals surface area contributed by atoms with E-state index in [1.165, 1.54) is 69.6 Å². The molecule has 0 aromatic carbocycles. The van der Waals surface area contributed by atoms with Gasteiger partial charge in [0.15, 0.2) is 11.2 Å². The van der Waals surface area contributed by atoms with E-state index in [2.05, 4.69) is 72.1 Å². The maximum Gasteiger partial charge on any atom is 0.340 e. The van der Waals surface area contributed by atoms with E-state index in [1.807, 2.05) is 6.92 Å². The molecule has 10 nitrogen and oxygen atoms in total. The Morgan fingerprint density at radius 3 is 1.69 bits per heavy atom. The zero-order valence-electron chi connectivity index (χ0n) is 43.4. The number of esters is 2. The molecule has 7 rings (SSSR count). The lowest BCUT2D eigenvalue weighted by molar-refractivity contribution is -0.161. The van der Waals surface area contributed by atoms with Crippen LogP contribution in [0.15, 0.2) is 70.9 Å². The standard InChI is InChI=1S/C30H46O5.C28H44O5/c1-18(9-10-19(2)30(6)28(33)34-21(4)35-30)25-13-14-26-22(8-7-15-29(25,26)5)11-12-23-16-24(31)17-27(32)20(23)3;1-18(8-6-15-28(4,32)26(31)33-5)23-12-13-24-20(9-7-14-27(23,24)3)10-11-21-16-22(29)17-25(30)19(21)2/h11-12,18-19,21,24-27,31-32H,3,7-10,13-17H2,1-2,4-6H3;10-11,18,22-25,29-30,32H,2,6-9,12-17H2,1,3-5H3/b22-11+,23-12-;20-10+,21-11-/t18-,19?,21-,24-,25?,26+,27+,29-,30-;18-,22?,23?,24?,25?,27-,28?/m11/s1. The molecule has 0 radical (unpaired) electrons. The number of cyclic esters (lactones) is 1. The van der Waals surface area contributed by atoms with Gasteiger partial charge in [0.25, 0.3) is 0 Å². The van der Waals surface area contributed by atoms with Crippen LogP contribution in [-0.4, -0.2) is 86.5 Å². The van der Waals surface area contributed by atoms with Gasteiger partial charge in [-0.2, -0.15) is 0 Å². The molecule has 0 amide bonds. The molecule has 0 spiro atoms. The quantitative estimate of drug-likeness (QED) is 0.112. The Balaban J connectivity index is 0.000000224. The highest BCUT2D eigenvalue weighted by atomic mass is 16.8. The van der Waals surface area contributed by atoms with E-state index in [4.69, 9.17) is 14.2 Å². The number of methoxy groups -OCH3 is 1. The summed E-state index contributed by atoms with van der Waals surface area (Å²) in [5.41, 5.74) is 4.83. The summed E-state index contributed by atoms with van der Waals surface area (Å²) in [6.07, 6.45) is 24.3. The average molecular weight is 947 g/mol. The van der Waals surface area contributed by atoms with Gasteiger partial charge in [0.2, 0.25) is 6.29 Å². The monoisotopic (exact) mass is 947 g/mol. The van der Waals surface area contributed by atoms with Crippen LogP contribution in [0.5, 0.6) is 0 Å². The molecule has 6 aliphatic carbocycles. The number of hydrogen-bond donors (Lipinski definition) is 5. The third-order valence-electron chi connectivity index (χ3n) is 19.0. The minimum Gasteiger partial charge on any atom is -0.467 e. The van der Waals surface area contributed by atoms with Crippen molar-refractivity contribution in [3.05, 3.63) is 70.9 Å². The third kappa shape index (κ3) is 11.7. The summed E-state index contributed by atoms with van der Waals surface area (Å²) in [7, 11) is 1.32. The summed E-state index contributed by atoms with van der Waals surface area (Å²) >= 11 is 0. The lowest BCUT2D eigenvalue weighted by Gasteiger charge is -2.44. The molecule has 7 aliphatic rings. The Labute approximate surface area is 409 Å². The number of ether oxygens (including phenoxy) is 3. The topological polar surface area (TPSA) is 163 Å².